The molecule has 0 N–H and O–H groups in total. The van der Waals surface area contributed by atoms with Crippen LogP contribution in [0, 0.1) is 10.1 Å². The third-order valence-corrected chi connectivity index (χ3v) is 4.11. The van der Waals surface area contributed by atoms with E-state index in [1.165, 1.54) is 44.2 Å². The van der Waals surface area contributed by atoms with Crippen molar-refractivity contribution in [3.05, 3.63) is 39.9 Å². The first-order chi connectivity index (χ1) is 10.7. The first kappa shape index (κ1) is 18.6. The first-order valence-corrected chi connectivity index (χ1v) is 8.63. The maximum atomic E-state index is 10.6. The molecule has 0 unspecified atom stereocenters. The lowest BCUT2D eigenvalue weighted by molar-refractivity contribution is -0.384. The summed E-state index contributed by atoms with van der Waals surface area (Å²) >= 11 is 0. The summed E-state index contributed by atoms with van der Waals surface area (Å²) < 4.78 is 0. The fourth-order valence-electron chi connectivity index (χ4n) is 2.64. The molecule has 0 aliphatic rings. The van der Waals surface area contributed by atoms with Crippen molar-refractivity contribution in [2.24, 2.45) is 0 Å². The van der Waals surface area contributed by atoms with E-state index in [1.807, 2.05) is 12.1 Å². The van der Waals surface area contributed by atoms with Crippen LogP contribution in [0.25, 0.3) is 0 Å². The van der Waals surface area contributed by atoms with Crippen LogP contribution < -0.4 is 0 Å². The molecule has 4 heteroatoms. The third-order valence-electron chi connectivity index (χ3n) is 4.11. The first-order valence-electron chi connectivity index (χ1n) is 8.63. The summed E-state index contributed by atoms with van der Waals surface area (Å²) in [5, 5.41) is 10.6. The molecule has 4 nitrogen and oxygen atoms in total. The van der Waals surface area contributed by atoms with Gasteiger partial charge in [0.2, 0.25) is 0 Å². The Balaban J connectivity index is 2.18. The van der Waals surface area contributed by atoms with Gasteiger partial charge in [0.05, 0.1) is 4.92 Å². The van der Waals surface area contributed by atoms with Gasteiger partial charge in [0.15, 0.2) is 0 Å². The average molecular weight is 306 g/mol. The summed E-state index contributed by atoms with van der Waals surface area (Å²) in [6.07, 6.45) is 8.63. The lowest BCUT2D eigenvalue weighted by Crippen LogP contribution is -2.25. The fraction of sp³-hybridized carbons (Fsp3) is 0.667. The van der Waals surface area contributed by atoms with Crippen molar-refractivity contribution in [2.45, 2.75) is 58.8 Å². The van der Waals surface area contributed by atoms with Crippen molar-refractivity contribution in [1.82, 2.24) is 4.90 Å². The molecule has 0 spiro atoms. The van der Waals surface area contributed by atoms with E-state index in [0.29, 0.717) is 0 Å². The molecule has 0 amide bonds. The predicted molar refractivity (Wildman–Crippen MR) is 92.3 cm³/mol. The number of rotatable bonds is 12. The molecular formula is C18H30N2O2. The van der Waals surface area contributed by atoms with Crippen molar-refractivity contribution in [2.75, 3.05) is 19.6 Å². The quantitative estimate of drug-likeness (QED) is 0.316. The van der Waals surface area contributed by atoms with Gasteiger partial charge in [0.25, 0.3) is 5.69 Å². The van der Waals surface area contributed by atoms with Crippen LogP contribution in [0.15, 0.2) is 24.3 Å². The number of unbranched alkanes of at least 4 members (excludes halogenated alkanes) is 4. The van der Waals surface area contributed by atoms with Gasteiger partial charge in [-0.25, -0.2) is 0 Å². The van der Waals surface area contributed by atoms with Crippen LogP contribution >= 0.6 is 0 Å². The number of aryl methyl sites for hydroxylation is 1. The molecule has 1 rings (SSSR count). The van der Waals surface area contributed by atoms with Crippen LogP contribution in [0.3, 0.4) is 0 Å². The van der Waals surface area contributed by atoms with Crippen LogP contribution in [-0.2, 0) is 6.42 Å². The van der Waals surface area contributed by atoms with E-state index in [9.17, 15) is 10.1 Å². The van der Waals surface area contributed by atoms with Crippen molar-refractivity contribution in [3.8, 4) is 0 Å². The molecule has 22 heavy (non-hydrogen) atoms. The summed E-state index contributed by atoms with van der Waals surface area (Å²) in [5.41, 5.74) is 1.37. The Kier molecular flexibility index (Phi) is 9.47. The number of hydrogen-bond acceptors (Lipinski definition) is 3. The van der Waals surface area contributed by atoms with E-state index >= 15 is 0 Å². The second-order valence-corrected chi connectivity index (χ2v) is 5.88. The lowest BCUT2D eigenvalue weighted by Gasteiger charge is -2.20. The van der Waals surface area contributed by atoms with Crippen molar-refractivity contribution in [1.29, 1.82) is 0 Å². The summed E-state index contributed by atoms with van der Waals surface area (Å²) in [6, 6.07) is 6.95. The summed E-state index contributed by atoms with van der Waals surface area (Å²) in [7, 11) is 0. The van der Waals surface area contributed by atoms with Crippen molar-refractivity contribution < 1.29 is 4.92 Å². The van der Waals surface area contributed by atoms with Gasteiger partial charge in [-0.3, -0.25) is 10.1 Å². The summed E-state index contributed by atoms with van der Waals surface area (Å²) in [5.74, 6) is 0. The Morgan fingerprint density at radius 1 is 0.955 bits per heavy atom. The lowest BCUT2D eigenvalue weighted by atomic mass is 10.1. The largest absolute Gasteiger partial charge is 0.304 e. The van der Waals surface area contributed by atoms with Crippen LogP contribution in [0.4, 0.5) is 5.69 Å². The smallest absolute Gasteiger partial charge is 0.269 e. The number of nitrogens with zero attached hydrogens (tertiary/aromatic N) is 2. The third kappa shape index (κ3) is 7.55. The number of nitro benzene ring substituents is 1. The number of non-ortho nitro benzene ring substituents is 1. The maximum Gasteiger partial charge on any atom is 0.269 e. The van der Waals surface area contributed by atoms with Gasteiger partial charge >= 0.3 is 0 Å². The van der Waals surface area contributed by atoms with E-state index in [1.54, 1.807) is 12.1 Å². The highest BCUT2D eigenvalue weighted by molar-refractivity contribution is 5.32. The van der Waals surface area contributed by atoms with E-state index < -0.39 is 0 Å². The fourth-order valence-corrected chi connectivity index (χ4v) is 2.64. The Morgan fingerprint density at radius 3 is 2.14 bits per heavy atom. The van der Waals surface area contributed by atoms with E-state index in [2.05, 4.69) is 18.7 Å². The minimum atomic E-state index is -0.346. The van der Waals surface area contributed by atoms with Crippen LogP contribution in [-0.4, -0.2) is 29.5 Å². The molecule has 0 bridgehead atoms. The average Bonchev–Trinajstić information content (AvgIpc) is 2.53. The minimum Gasteiger partial charge on any atom is -0.304 e. The maximum absolute atomic E-state index is 10.6. The highest BCUT2D eigenvalue weighted by atomic mass is 16.6. The van der Waals surface area contributed by atoms with Gasteiger partial charge in [-0.1, -0.05) is 45.2 Å². The highest BCUT2D eigenvalue weighted by Gasteiger charge is 2.05. The van der Waals surface area contributed by atoms with Gasteiger partial charge in [-0.2, -0.15) is 0 Å². The van der Waals surface area contributed by atoms with Crippen LogP contribution in [0.5, 0.6) is 0 Å². The standard InChI is InChI=1S/C18H30N2O2/c1-3-5-6-8-15-19(4-2)16-9-7-10-17-11-13-18(14-12-17)20(21)22/h11-14H,3-10,15-16H2,1-2H3. The van der Waals surface area contributed by atoms with Gasteiger partial charge in [0.1, 0.15) is 0 Å². The summed E-state index contributed by atoms with van der Waals surface area (Å²) in [4.78, 5) is 12.8. The van der Waals surface area contributed by atoms with Gasteiger partial charge in [-0.05, 0) is 50.9 Å². The molecule has 124 valence electrons. The van der Waals surface area contributed by atoms with Crippen molar-refractivity contribution in [3.63, 3.8) is 0 Å². The number of nitro groups is 1. The molecule has 0 fully saturated rings. The topological polar surface area (TPSA) is 46.4 Å². The minimum absolute atomic E-state index is 0.174. The molecule has 0 aliphatic carbocycles. The monoisotopic (exact) mass is 306 g/mol. The Morgan fingerprint density at radius 2 is 1.59 bits per heavy atom. The SMILES string of the molecule is CCCCCCN(CC)CCCCc1ccc([N+](=O)[O-])cc1. The molecular weight excluding hydrogens is 276 g/mol. The number of hydrogen-bond donors (Lipinski definition) is 0. The molecule has 1 aromatic carbocycles. The highest BCUT2D eigenvalue weighted by Crippen LogP contribution is 2.14. The second kappa shape index (κ2) is 11.2. The molecule has 0 saturated heterocycles. The normalized spacial score (nSPS) is 11.0. The molecule has 0 heterocycles. The van der Waals surface area contributed by atoms with E-state index in [4.69, 9.17) is 0 Å². The van der Waals surface area contributed by atoms with Crippen LogP contribution in [0.2, 0.25) is 0 Å². The zero-order valence-electron chi connectivity index (χ0n) is 14.1. The second-order valence-electron chi connectivity index (χ2n) is 5.88. The molecule has 0 saturated carbocycles. The molecule has 0 radical (unpaired) electrons. The van der Waals surface area contributed by atoms with Gasteiger partial charge in [-0.15, -0.1) is 0 Å². The van der Waals surface area contributed by atoms with Gasteiger partial charge < -0.3 is 4.90 Å². The zero-order chi connectivity index (χ0) is 16.2. The predicted octanol–water partition coefficient (Wildman–Crippen LogP) is 4.82. The van der Waals surface area contributed by atoms with Crippen molar-refractivity contribution >= 4 is 5.69 Å². The molecule has 0 atom stereocenters. The Bertz CT molecular complexity index is 418. The number of benzene rings is 1. The van der Waals surface area contributed by atoms with Gasteiger partial charge in [0, 0.05) is 12.1 Å². The van der Waals surface area contributed by atoms with E-state index in [0.717, 1.165) is 25.9 Å². The summed E-state index contributed by atoms with van der Waals surface area (Å²) in [6.45, 7) is 7.99. The molecule has 0 aliphatic heterocycles. The Labute approximate surface area is 134 Å². The van der Waals surface area contributed by atoms with Crippen LogP contribution in [0.1, 0.15) is 57.9 Å². The zero-order valence-corrected chi connectivity index (χ0v) is 14.1. The molecule has 1 aromatic rings. The van der Waals surface area contributed by atoms with E-state index in [-0.39, 0.29) is 10.6 Å². The molecule has 0 aromatic heterocycles. The Hall–Kier alpha value is -1.42.